The molecule has 0 saturated carbocycles. The Morgan fingerprint density at radius 3 is 1.67 bits per heavy atom. The van der Waals surface area contributed by atoms with Gasteiger partial charge in [-0.2, -0.15) is 10.5 Å². The number of hydrogen-bond donors (Lipinski definition) is 0. The lowest BCUT2D eigenvalue weighted by atomic mass is 9.82. The number of nitriles is 2. The van der Waals surface area contributed by atoms with E-state index in [0.29, 0.717) is 11.1 Å². The van der Waals surface area contributed by atoms with E-state index < -0.39 is 0 Å². The molecule has 0 spiro atoms. The average Bonchev–Trinajstić information content (AvgIpc) is 3.22. The Labute approximate surface area is 309 Å². The largest absolute Gasteiger partial charge is 0.456 e. The minimum Gasteiger partial charge on any atom is -0.456 e. The van der Waals surface area contributed by atoms with E-state index in [9.17, 15) is 10.5 Å². The van der Waals surface area contributed by atoms with Gasteiger partial charge in [0.15, 0.2) is 0 Å². The molecule has 0 aliphatic carbocycles. The molecule has 2 aliphatic heterocycles. The third kappa shape index (κ3) is 3.73. The summed E-state index contributed by atoms with van der Waals surface area (Å²) in [6.07, 6.45) is 0. The van der Waals surface area contributed by atoms with Crippen LogP contribution in [0.3, 0.4) is 0 Å². The molecule has 10 aromatic rings. The lowest BCUT2D eigenvalue weighted by Gasteiger charge is -2.23. The maximum absolute atomic E-state index is 10.6. The molecule has 54 heavy (non-hydrogen) atoms. The first-order valence-corrected chi connectivity index (χ1v) is 17.9. The van der Waals surface area contributed by atoms with Crippen molar-refractivity contribution in [3.8, 4) is 79.6 Å². The molecule has 4 heteroatoms. The monoisotopic (exact) mass is 684 g/mol. The van der Waals surface area contributed by atoms with E-state index in [1.165, 1.54) is 0 Å². The van der Waals surface area contributed by atoms with Crippen molar-refractivity contribution in [3.05, 3.63) is 157 Å². The summed E-state index contributed by atoms with van der Waals surface area (Å²) in [5.74, 6) is 3.29. The second kappa shape index (κ2) is 10.5. The van der Waals surface area contributed by atoms with Crippen molar-refractivity contribution >= 4 is 53.9 Å². The lowest BCUT2D eigenvalue weighted by Crippen LogP contribution is -1.99. The summed E-state index contributed by atoms with van der Waals surface area (Å²) in [5, 5.41) is 31.3. The van der Waals surface area contributed by atoms with Gasteiger partial charge in [0.05, 0.1) is 23.3 Å². The minimum absolute atomic E-state index is 0.585. The van der Waals surface area contributed by atoms with Crippen LogP contribution in [0.5, 0.6) is 23.0 Å². The predicted molar refractivity (Wildman–Crippen MR) is 216 cm³/mol. The van der Waals surface area contributed by atoms with Crippen LogP contribution < -0.4 is 9.47 Å². The number of hydrogen-bond acceptors (Lipinski definition) is 4. The van der Waals surface area contributed by atoms with Gasteiger partial charge in [-0.1, -0.05) is 103 Å². The van der Waals surface area contributed by atoms with E-state index in [0.717, 1.165) is 121 Å². The second-order valence-electron chi connectivity index (χ2n) is 14.1. The molecule has 0 unspecified atom stereocenters. The van der Waals surface area contributed by atoms with Crippen LogP contribution in [0.4, 0.5) is 0 Å². The number of nitrogens with zero attached hydrogens (tertiary/aromatic N) is 2. The van der Waals surface area contributed by atoms with E-state index in [-0.39, 0.29) is 0 Å². The van der Waals surface area contributed by atoms with Crippen molar-refractivity contribution in [2.24, 2.45) is 0 Å². The number of ether oxygens (including phenoxy) is 2. The molecule has 0 N–H and O–H groups in total. The Morgan fingerprint density at radius 1 is 0.333 bits per heavy atom. The smallest absolute Gasteiger partial charge is 0.135 e. The molecule has 0 aromatic heterocycles. The standard InChI is InChI=1S/C50H24N2O2/c51-25-29-22-41(28-14-15-35-37-9-3-6-27-7-4-12-44(47(27)37)54-46(35)24-28)39-19-16-32-30(26-52)23-42(40-20-17-31(29)49(39)50(32)40)33-18-21-38-34-8-1-2-11-43(34)53-45-13-5-10-36(33)48(38)45/h1-24H. The molecule has 10 aromatic carbocycles. The quantitative estimate of drug-likeness (QED) is 0.170. The van der Waals surface area contributed by atoms with Crippen LogP contribution in [0, 0.1) is 22.7 Å². The summed E-state index contributed by atoms with van der Waals surface area (Å²) in [7, 11) is 0. The van der Waals surface area contributed by atoms with Gasteiger partial charge in [-0.25, -0.2) is 0 Å². The molecule has 246 valence electrons. The van der Waals surface area contributed by atoms with Crippen molar-refractivity contribution in [1.82, 2.24) is 0 Å². The third-order valence-electron chi connectivity index (χ3n) is 11.5. The lowest BCUT2D eigenvalue weighted by molar-refractivity contribution is 0.487. The Morgan fingerprint density at radius 2 is 0.870 bits per heavy atom. The molecule has 12 rings (SSSR count). The van der Waals surface area contributed by atoms with Gasteiger partial charge in [-0.15, -0.1) is 0 Å². The molecule has 0 radical (unpaired) electrons. The second-order valence-corrected chi connectivity index (χ2v) is 14.1. The van der Waals surface area contributed by atoms with E-state index >= 15 is 0 Å². The fraction of sp³-hybridized carbons (Fsp3) is 0. The van der Waals surface area contributed by atoms with Crippen LogP contribution >= 0.6 is 0 Å². The van der Waals surface area contributed by atoms with E-state index in [1.54, 1.807) is 0 Å². The molecule has 0 amide bonds. The summed E-state index contributed by atoms with van der Waals surface area (Å²) in [4.78, 5) is 0. The summed E-state index contributed by atoms with van der Waals surface area (Å²) in [6.45, 7) is 0. The molecule has 4 nitrogen and oxygen atoms in total. The van der Waals surface area contributed by atoms with Gasteiger partial charge in [-0.05, 0) is 108 Å². The maximum Gasteiger partial charge on any atom is 0.135 e. The Kier molecular flexibility index (Phi) is 5.61. The highest BCUT2D eigenvalue weighted by Crippen LogP contribution is 2.52. The topological polar surface area (TPSA) is 66.0 Å². The van der Waals surface area contributed by atoms with Crippen LogP contribution in [0.15, 0.2) is 146 Å². The zero-order chi connectivity index (χ0) is 35.7. The molecular formula is C50H24N2O2. The fourth-order valence-electron chi connectivity index (χ4n) is 9.19. The summed E-state index contributed by atoms with van der Waals surface area (Å²) in [6, 6.07) is 54.9. The van der Waals surface area contributed by atoms with Crippen molar-refractivity contribution in [3.63, 3.8) is 0 Å². The normalized spacial score (nSPS) is 12.3. The molecular weight excluding hydrogens is 661 g/mol. The Bertz CT molecular complexity index is 3410. The van der Waals surface area contributed by atoms with Crippen LogP contribution in [0.1, 0.15) is 11.1 Å². The average molecular weight is 685 g/mol. The van der Waals surface area contributed by atoms with Gasteiger partial charge in [0.2, 0.25) is 0 Å². The number of fused-ring (bicyclic) bond motifs is 4. The molecule has 0 atom stereocenters. The molecule has 0 saturated heterocycles. The van der Waals surface area contributed by atoms with Crippen LogP contribution in [0.2, 0.25) is 0 Å². The third-order valence-corrected chi connectivity index (χ3v) is 11.5. The summed E-state index contributed by atoms with van der Waals surface area (Å²) >= 11 is 0. The highest BCUT2D eigenvalue weighted by atomic mass is 16.5. The number of para-hydroxylation sites is 1. The summed E-state index contributed by atoms with van der Waals surface area (Å²) < 4.78 is 13.0. The van der Waals surface area contributed by atoms with Crippen LogP contribution in [-0.4, -0.2) is 0 Å². The first kappa shape index (κ1) is 29.0. The summed E-state index contributed by atoms with van der Waals surface area (Å²) in [5.41, 5.74) is 9.45. The maximum atomic E-state index is 10.6. The van der Waals surface area contributed by atoms with E-state index in [4.69, 9.17) is 9.47 Å². The van der Waals surface area contributed by atoms with Crippen molar-refractivity contribution in [2.45, 2.75) is 0 Å². The minimum atomic E-state index is 0.585. The molecule has 0 fully saturated rings. The highest BCUT2D eigenvalue weighted by molar-refractivity contribution is 6.30. The fourth-order valence-corrected chi connectivity index (χ4v) is 9.19. The zero-order valence-corrected chi connectivity index (χ0v) is 28.6. The Balaban J connectivity index is 1.12. The molecule has 2 aliphatic rings. The number of rotatable bonds is 2. The predicted octanol–water partition coefficient (Wildman–Crippen LogP) is 13.5. The first-order chi connectivity index (χ1) is 26.7. The van der Waals surface area contributed by atoms with Crippen molar-refractivity contribution < 1.29 is 9.47 Å². The number of benzene rings is 10. The molecule has 2 heterocycles. The van der Waals surface area contributed by atoms with Crippen molar-refractivity contribution in [1.29, 1.82) is 10.5 Å². The van der Waals surface area contributed by atoms with Gasteiger partial charge < -0.3 is 9.47 Å². The van der Waals surface area contributed by atoms with Gasteiger partial charge >= 0.3 is 0 Å². The van der Waals surface area contributed by atoms with Gasteiger partial charge in [0.25, 0.3) is 0 Å². The SMILES string of the molecule is N#Cc1cc(-c2ccc3c(c2)Oc2cccc4cccc-3c24)c2ccc3c(C#N)cc(-c4ccc5c6c(cccc46)Oc4ccccc4-5)c4ccc1c2c34. The van der Waals surface area contributed by atoms with Gasteiger partial charge in [0, 0.05) is 32.7 Å². The first-order valence-electron chi connectivity index (χ1n) is 17.9. The van der Waals surface area contributed by atoms with Crippen LogP contribution in [-0.2, 0) is 0 Å². The van der Waals surface area contributed by atoms with E-state index in [1.807, 2.05) is 54.6 Å². The van der Waals surface area contributed by atoms with Gasteiger partial charge in [-0.3, -0.25) is 0 Å². The van der Waals surface area contributed by atoms with Crippen LogP contribution in [0.25, 0.3) is 98.4 Å². The van der Waals surface area contributed by atoms with Gasteiger partial charge in [0.1, 0.15) is 23.0 Å². The van der Waals surface area contributed by atoms with Crippen molar-refractivity contribution in [2.75, 3.05) is 0 Å². The molecule has 0 bridgehead atoms. The highest BCUT2D eigenvalue weighted by Gasteiger charge is 2.25. The Hall–Kier alpha value is -7.66. The van der Waals surface area contributed by atoms with E-state index in [2.05, 4.69) is 103 Å². The zero-order valence-electron chi connectivity index (χ0n) is 28.6.